The molecule has 9 nitrogen and oxygen atoms in total. The molecule has 0 unspecified atom stereocenters. The van der Waals surface area contributed by atoms with E-state index < -0.39 is 0 Å². The van der Waals surface area contributed by atoms with Crippen LogP contribution >= 0.6 is 0 Å². The van der Waals surface area contributed by atoms with Gasteiger partial charge in [-0.25, -0.2) is 15.0 Å². The maximum Gasteiger partial charge on any atom is 0.258 e. The van der Waals surface area contributed by atoms with E-state index in [-0.39, 0.29) is 11.6 Å². The first kappa shape index (κ1) is 17.7. The summed E-state index contributed by atoms with van der Waals surface area (Å²) in [6, 6.07) is 7.47. The smallest absolute Gasteiger partial charge is 0.258 e. The van der Waals surface area contributed by atoms with E-state index in [4.69, 9.17) is 0 Å². The molecule has 4 heterocycles. The lowest BCUT2D eigenvalue weighted by molar-refractivity contribution is 0.191. The molecule has 1 aliphatic rings. The van der Waals surface area contributed by atoms with Gasteiger partial charge in [-0.3, -0.25) is 14.4 Å². The normalized spacial score (nSPS) is 16.6. The predicted octanol–water partition coefficient (Wildman–Crippen LogP) is 1.48. The van der Waals surface area contributed by atoms with E-state index >= 15 is 0 Å². The van der Waals surface area contributed by atoms with Crippen molar-refractivity contribution in [3.8, 4) is 0 Å². The first-order valence-electron chi connectivity index (χ1n) is 9.72. The van der Waals surface area contributed by atoms with Crippen molar-refractivity contribution in [3.05, 3.63) is 53.0 Å². The molecule has 0 aliphatic carbocycles. The van der Waals surface area contributed by atoms with Gasteiger partial charge in [-0.05, 0) is 19.1 Å². The van der Waals surface area contributed by atoms with Gasteiger partial charge in [0.25, 0.3) is 5.56 Å². The van der Waals surface area contributed by atoms with Gasteiger partial charge >= 0.3 is 0 Å². The number of para-hydroxylation sites is 1. The van der Waals surface area contributed by atoms with E-state index in [1.54, 1.807) is 17.1 Å². The Morgan fingerprint density at radius 1 is 1.07 bits per heavy atom. The molecule has 0 spiro atoms. The number of anilines is 1. The number of piperazine rings is 1. The summed E-state index contributed by atoms with van der Waals surface area (Å²) in [4.78, 5) is 33.5. The fourth-order valence-corrected chi connectivity index (χ4v) is 4.00. The van der Waals surface area contributed by atoms with Gasteiger partial charge in [-0.15, -0.1) is 0 Å². The molecule has 1 fully saturated rings. The third-order valence-electron chi connectivity index (χ3n) is 5.70. The van der Waals surface area contributed by atoms with Crippen LogP contribution in [0.25, 0.3) is 21.9 Å². The minimum absolute atomic E-state index is 0.0262. The Kier molecular flexibility index (Phi) is 4.24. The van der Waals surface area contributed by atoms with E-state index in [1.807, 2.05) is 31.4 Å². The van der Waals surface area contributed by atoms with Gasteiger partial charge in [0.2, 0.25) is 0 Å². The second-order valence-corrected chi connectivity index (χ2v) is 7.37. The molecule has 1 saturated heterocycles. The highest BCUT2D eigenvalue weighted by Crippen LogP contribution is 2.25. The molecule has 0 saturated carbocycles. The van der Waals surface area contributed by atoms with Crippen LogP contribution in [0, 0.1) is 0 Å². The summed E-state index contributed by atoms with van der Waals surface area (Å²) in [5, 5.41) is 5.89. The first-order chi connectivity index (χ1) is 14.1. The Morgan fingerprint density at radius 2 is 1.86 bits per heavy atom. The number of H-pyrrole nitrogens is 1. The number of aromatic nitrogens is 6. The zero-order valence-corrected chi connectivity index (χ0v) is 16.4. The highest BCUT2D eigenvalue weighted by atomic mass is 16.1. The number of benzene rings is 1. The van der Waals surface area contributed by atoms with Gasteiger partial charge < -0.3 is 9.88 Å². The number of rotatable bonds is 3. The van der Waals surface area contributed by atoms with Crippen molar-refractivity contribution in [2.75, 3.05) is 31.1 Å². The molecule has 148 valence electrons. The molecule has 1 aromatic carbocycles. The Morgan fingerprint density at radius 3 is 2.69 bits per heavy atom. The van der Waals surface area contributed by atoms with Crippen molar-refractivity contribution < 1.29 is 0 Å². The lowest BCUT2D eigenvalue weighted by atomic mass is 10.2. The summed E-state index contributed by atoms with van der Waals surface area (Å²) < 4.78 is 1.76. The molecular weight excluding hydrogens is 368 g/mol. The monoisotopic (exact) mass is 390 g/mol. The fraction of sp³-hybridized carbons (Fsp3) is 0.350. The second-order valence-electron chi connectivity index (χ2n) is 7.37. The summed E-state index contributed by atoms with van der Waals surface area (Å²) in [7, 11) is 1.88. The molecule has 9 heteroatoms. The van der Waals surface area contributed by atoms with Gasteiger partial charge in [0, 0.05) is 33.2 Å². The molecule has 1 N–H and O–H groups in total. The number of aryl methyl sites for hydroxylation is 1. The Hall–Kier alpha value is -3.33. The first-order valence-corrected chi connectivity index (χ1v) is 9.72. The molecule has 0 radical (unpaired) electrons. The van der Waals surface area contributed by atoms with Gasteiger partial charge in [0.05, 0.1) is 28.5 Å². The second kappa shape index (κ2) is 6.93. The highest BCUT2D eigenvalue weighted by Gasteiger charge is 2.25. The van der Waals surface area contributed by atoms with E-state index in [1.165, 1.54) is 0 Å². The maximum absolute atomic E-state index is 12.4. The molecule has 3 aromatic heterocycles. The van der Waals surface area contributed by atoms with Crippen LogP contribution in [0.2, 0.25) is 0 Å². The minimum atomic E-state index is -0.0870. The van der Waals surface area contributed by atoms with Gasteiger partial charge in [-0.2, -0.15) is 5.10 Å². The molecular formula is C20H22N8O. The molecule has 0 bridgehead atoms. The third kappa shape index (κ3) is 3.03. The zero-order valence-electron chi connectivity index (χ0n) is 16.4. The van der Waals surface area contributed by atoms with Crippen molar-refractivity contribution >= 4 is 27.8 Å². The average Bonchev–Trinajstić information content (AvgIpc) is 3.14. The lowest BCUT2D eigenvalue weighted by Crippen LogP contribution is -2.48. The number of hydrogen-bond donors (Lipinski definition) is 1. The number of nitrogens with one attached hydrogen (secondary N) is 1. The topological polar surface area (TPSA) is 95.8 Å². The summed E-state index contributed by atoms with van der Waals surface area (Å²) >= 11 is 0. The molecule has 4 aromatic rings. The summed E-state index contributed by atoms with van der Waals surface area (Å²) in [6.45, 7) is 5.46. The number of nitrogens with zero attached hydrogens (tertiary/aromatic N) is 7. The van der Waals surface area contributed by atoms with Crippen LogP contribution in [0.15, 0.2) is 41.6 Å². The van der Waals surface area contributed by atoms with Crippen molar-refractivity contribution in [2.24, 2.45) is 7.05 Å². The molecule has 1 atom stereocenters. The summed E-state index contributed by atoms with van der Waals surface area (Å²) in [6.07, 6.45) is 3.42. The van der Waals surface area contributed by atoms with E-state index in [0.717, 1.165) is 48.5 Å². The number of aromatic amines is 1. The largest absolute Gasteiger partial charge is 0.353 e. The van der Waals surface area contributed by atoms with Crippen LogP contribution in [0.5, 0.6) is 0 Å². The number of fused-ring (bicyclic) bond motifs is 2. The quantitative estimate of drug-likeness (QED) is 0.566. The van der Waals surface area contributed by atoms with Crippen LogP contribution in [0.1, 0.15) is 18.8 Å². The van der Waals surface area contributed by atoms with Crippen molar-refractivity contribution in [3.63, 3.8) is 0 Å². The minimum Gasteiger partial charge on any atom is -0.353 e. The van der Waals surface area contributed by atoms with Crippen LogP contribution in [-0.2, 0) is 7.05 Å². The molecule has 5 rings (SSSR count). The fourth-order valence-electron chi connectivity index (χ4n) is 4.00. The van der Waals surface area contributed by atoms with E-state index in [2.05, 4.69) is 41.8 Å². The van der Waals surface area contributed by atoms with Crippen molar-refractivity contribution in [1.82, 2.24) is 34.6 Å². The SMILES string of the molecule is C[C@H](c1nc2ccccc2c(=O)[nH]1)N1CCN(c2ncnc3c2cnn3C)CC1. The molecule has 1 aliphatic heterocycles. The van der Waals surface area contributed by atoms with Crippen LogP contribution in [-0.4, -0.2) is 60.8 Å². The standard InChI is InChI=1S/C20H22N8O/c1-13(17-24-16-6-4-3-5-14(16)20(29)25-17)27-7-9-28(10-8-27)19-15-11-23-26(2)18(15)21-12-22-19/h3-6,11-13H,7-10H2,1-2H3,(H,24,25,29)/t13-/m1/s1. The Bertz CT molecular complexity index is 1240. The van der Waals surface area contributed by atoms with Crippen LogP contribution in [0.4, 0.5) is 5.82 Å². The maximum atomic E-state index is 12.4. The molecule has 29 heavy (non-hydrogen) atoms. The predicted molar refractivity (Wildman–Crippen MR) is 111 cm³/mol. The molecule has 0 amide bonds. The van der Waals surface area contributed by atoms with Gasteiger partial charge in [0.15, 0.2) is 5.65 Å². The third-order valence-corrected chi connectivity index (χ3v) is 5.70. The van der Waals surface area contributed by atoms with Crippen molar-refractivity contribution in [2.45, 2.75) is 13.0 Å². The average molecular weight is 390 g/mol. The Labute approximate surface area is 167 Å². The Balaban J connectivity index is 1.36. The van der Waals surface area contributed by atoms with Gasteiger partial charge in [0.1, 0.15) is 18.0 Å². The van der Waals surface area contributed by atoms with Crippen LogP contribution in [0.3, 0.4) is 0 Å². The van der Waals surface area contributed by atoms with E-state index in [0.29, 0.717) is 11.2 Å². The van der Waals surface area contributed by atoms with Crippen LogP contribution < -0.4 is 10.5 Å². The summed E-state index contributed by atoms with van der Waals surface area (Å²) in [5.74, 6) is 1.63. The number of hydrogen-bond acceptors (Lipinski definition) is 7. The van der Waals surface area contributed by atoms with Gasteiger partial charge in [-0.1, -0.05) is 12.1 Å². The van der Waals surface area contributed by atoms with Crippen molar-refractivity contribution in [1.29, 1.82) is 0 Å². The lowest BCUT2D eigenvalue weighted by Gasteiger charge is -2.38. The zero-order chi connectivity index (χ0) is 20.0. The van der Waals surface area contributed by atoms with E-state index in [9.17, 15) is 4.79 Å². The summed E-state index contributed by atoms with van der Waals surface area (Å²) in [5.41, 5.74) is 1.48. The highest BCUT2D eigenvalue weighted by molar-refractivity contribution is 5.86.